The predicted octanol–water partition coefficient (Wildman–Crippen LogP) is 4.34. The maximum absolute atomic E-state index is 4.72. The van der Waals surface area contributed by atoms with Crippen molar-refractivity contribution in [1.82, 2.24) is 14.8 Å². The van der Waals surface area contributed by atoms with Gasteiger partial charge in [-0.1, -0.05) is 38.0 Å². The van der Waals surface area contributed by atoms with E-state index in [0.717, 1.165) is 18.9 Å². The van der Waals surface area contributed by atoms with Crippen LogP contribution in [0.15, 0.2) is 23.8 Å². The van der Waals surface area contributed by atoms with Gasteiger partial charge in [-0.15, -0.1) is 10.2 Å². The monoisotopic (exact) mass is 297 g/mol. The van der Waals surface area contributed by atoms with E-state index in [4.69, 9.17) is 5.10 Å². The number of rotatable bonds is 2. The number of hydrogen-bond acceptors (Lipinski definition) is 2. The summed E-state index contributed by atoms with van der Waals surface area (Å²) in [5.41, 5.74) is 1.66. The average Bonchev–Trinajstić information content (AvgIpc) is 2.86. The molecule has 1 fully saturated rings. The summed E-state index contributed by atoms with van der Waals surface area (Å²) >= 11 is 0. The topological polar surface area (TPSA) is 30.7 Å². The molecule has 3 heteroatoms. The van der Waals surface area contributed by atoms with Crippen molar-refractivity contribution in [3.8, 4) is 0 Å². The summed E-state index contributed by atoms with van der Waals surface area (Å²) in [6.07, 6.45) is 18.3. The summed E-state index contributed by atoms with van der Waals surface area (Å²) in [4.78, 5) is 0. The van der Waals surface area contributed by atoms with Crippen LogP contribution in [0, 0.1) is 5.92 Å². The number of allylic oxidation sites excluding steroid dienone is 4. The number of aryl methyl sites for hydroxylation is 1. The van der Waals surface area contributed by atoms with Gasteiger partial charge in [-0.2, -0.15) is 0 Å². The van der Waals surface area contributed by atoms with E-state index < -0.39 is 0 Å². The van der Waals surface area contributed by atoms with Gasteiger partial charge in [0, 0.05) is 13.0 Å². The maximum atomic E-state index is 4.72. The molecular formula is C19H27N3. The summed E-state index contributed by atoms with van der Waals surface area (Å²) < 4.78 is 2.48. The molecule has 1 aromatic rings. The first-order valence-electron chi connectivity index (χ1n) is 9.09. The van der Waals surface area contributed by atoms with Gasteiger partial charge in [-0.3, -0.25) is 0 Å². The molecule has 2 heterocycles. The van der Waals surface area contributed by atoms with Gasteiger partial charge in [0.05, 0.1) is 5.41 Å². The lowest BCUT2D eigenvalue weighted by atomic mass is 9.57. The summed E-state index contributed by atoms with van der Waals surface area (Å²) in [6, 6.07) is 0. The molecule has 2 aliphatic carbocycles. The smallest absolute Gasteiger partial charge is 0.143 e. The molecule has 1 aromatic heterocycles. The van der Waals surface area contributed by atoms with E-state index in [1.165, 1.54) is 68.6 Å². The summed E-state index contributed by atoms with van der Waals surface area (Å²) in [5, 5.41) is 9.31. The highest BCUT2D eigenvalue weighted by Gasteiger charge is 2.49. The molecular weight excluding hydrogens is 270 g/mol. The van der Waals surface area contributed by atoms with Gasteiger partial charge >= 0.3 is 0 Å². The van der Waals surface area contributed by atoms with Crippen LogP contribution in [-0.4, -0.2) is 14.8 Å². The highest BCUT2D eigenvalue weighted by Crippen LogP contribution is 2.53. The molecule has 0 amide bonds. The number of fused-ring (bicyclic) bond motifs is 1. The van der Waals surface area contributed by atoms with Crippen molar-refractivity contribution in [2.75, 3.05) is 0 Å². The molecule has 22 heavy (non-hydrogen) atoms. The lowest BCUT2D eigenvalue weighted by Gasteiger charge is -2.47. The van der Waals surface area contributed by atoms with Crippen LogP contribution in [0.5, 0.6) is 0 Å². The Morgan fingerprint density at radius 3 is 2.73 bits per heavy atom. The van der Waals surface area contributed by atoms with Gasteiger partial charge < -0.3 is 4.57 Å². The van der Waals surface area contributed by atoms with Gasteiger partial charge in [0.25, 0.3) is 0 Å². The van der Waals surface area contributed by atoms with Crippen LogP contribution in [0.2, 0.25) is 0 Å². The Morgan fingerprint density at radius 2 is 1.95 bits per heavy atom. The number of nitrogens with zero attached hydrogens (tertiary/aromatic N) is 3. The first-order valence-corrected chi connectivity index (χ1v) is 9.09. The van der Waals surface area contributed by atoms with E-state index in [9.17, 15) is 0 Å². The first kappa shape index (κ1) is 14.2. The minimum absolute atomic E-state index is 0.154. The summed E-state index contributed by atoms with van der Waals surface area (Å²) in [7, 11) is 0. The van der Waals surface area contributed by atoms with Crippen LogP contribution in [0.3, 0.4) is 0 Å². The summed E-state index contributed by atoms with van der Waals surface area (Å²) in [5.74, 6) is 3.30. The lowest BCUT2D eigenvalue weighted by Crippen LogP contribution is -2.44. The molecule has 1 saturated carbocycles. The van der Waals surface area contributed by atoms with Crippen LogP contribution < -0.4 is 0 Å². The van der Waals surface area contributed by atoms with Crippen LogP contribution in [0.4, 0.5) is 0 Å². The van der Waals surface area contributed by atoms with E-state index >= 15 is 0 Å². The van der Waals surface area contributed by atoms with Crippen LogP contribution in [0.25, 0.3) is 0 Å². The Kier molecular flexibility index (Phi) is 3.67. The van der Waals surface area contributed by atoms with Crippen molar-refractivity contribution in [1.29, 1.82) is 0 Å². The molecule has 0 spiro atoms. The Labute approximate surface area is 133 Å². The van der Waals surface area contributed by atoms with Crippen molar-refractivity contribution in [3.05, 3.63) is 35.4 Å². The third-order valence-corrected chi connectivity index (χ3v) is 5.73. The fourth-order valence-corrected chi connectivity index (χ4v) is 4.66. The van der Waals surface area contributed by atoms with Crippen molar-refractivity contribution in [2.24, 2.45) is 5.92 Å². The molecule has 4 rings (SSSR count). The van der Waals surface area contributed by atoms with Gasteiger partial charge in [-0.05, 0) is 50.0 Å². The normalized spacial score (nSPS) is 31.7. The molecule has 118 valence electrons. The Balaban J connectivity index is 1.75. The quantitative estimate of drug-likeness (QED) is 0.813. The molecule has 0 bridgehead atoms. The highest BCUT2D eigenvalue weighted by molar-refractivity contribution is 5.41. The standard InChI is InChI=1S/C19H27N3/c1-15-13-19(14-15,16-9-5-4-6-10-16)18-21-20-17-11-7-2-3-8-12-22(17)18/h5,9-10,15H,2-4,6-8,11-14H2,1H3. The second kappa shape index (κ2) is 5.68. The van der Waals surface area contributed by atoms with Crippen molar-refractivity contribution in [3.63, 3.8) is 0 Å². The minimum atomic E-state index is 0.154. The van der Waals surface area contributed by atoms with E-state index in [-0.39, 0.29) is 5.41 Å². The molecule has 0 atom stereocenters. The third kappa shape index (κ3) is 2.26. The van der Waals surface area contributed by atoms with Crippen molar-refractivity contribution < 1.29 is 0 Å². The zero-order chi connectivity index (χ0) is 15.0. The van der Waals surface area contributed by atoms with Gasteiger partial charge in [0.1, 0.15) is 11.6 Å². The Hall–Kier alpha value is -1.38. The highest BCUT2D eigenvalue weighted by atomic mass is 15.3. The molecule has 1 aliphatic heterocycles. The predicted molar refractivity (Wildman–Crippen MR) is 88.7 cm³/mol. The van der Waals surface area contributed by atoms with Gasteiger partial charge in [-0.25, -0.2) is 0 Å². The number of hydrogen-bond donors (Lipinski definition) is 0. The maximum Gasteiger partial charge on any atom is 0.143 e. The van der Waals surface area contributed by atoms with Gasteiger partial charge in [0.15, 0.2) is 0 Å². The molecule has 3 aliphatic rings. The second-order valence-corrected chi connectivity index (χ2v) is 7.49. The van der Waals surface area contributed by atoms with Crippen molar-refractivity contribution >= 4 is 0 Å². The zero-order valence-electron chi connectivity index (χ0n) is 13.7. The lowest BCUT2D eigenvalue weighted by molar-refractivity contribution is 0.181. The Bertz CT molecular complexity index is 602. The molecule has 0 aromatic carbocycles. The molecule has 0 radical (unpaired) electrons. The Morgan fingerprint density at radius 1 is 1.09 bits per heavy atom. The van der Waals surface area contributed by atoms with Crippen molar-refractivity contribution in [2.45, 2.75) is 76.7 Å². The summed E-state index contributed by atoms with van der Waals surface area (Å²) in [6.45, 7) is 3.49. The van der Waals surface area contributed by atoms with Gasteiger partial charge in [0.2, 0.25) is 0 Å². The first-order chi connectivity index (χ1) is 10.8. The second-order valence-electron chi connectivity index (χ2n) is 7.49. The average molecular weight is 297 g/mol. The van der Waals surface area contributed by atoms with Crippen LogP contribution in [-0.2, 0) is 18.4 Å². The number of aromatic nitrogens is 3. The molecule has 0 saturated heterocycles. The van der Waals surface area contributed by atoms with E-state index in [1.54, 1.807) is 0 Å². The SMILES string of the molecule is CC1CC(C2=CCCC=C2)(c2nnc3n2CCCCCC3)C1. The molecule has 3 nitrogen and oxygen atoms in total. The largest absolute Gasteiger partial charge is 0.314 e. The fraction of sp³-hybridized carbons (Fsp3) is 0.684. The van der Waals surface area contributed by atoms with E-state index in [0.29, 0.717) is 0 Å². The zero-order valence-corrected chi connectivity index (χ0v) is 13.7. The fourth-order valence-electron chi connectivity index (χ4n) is 4.66. The van der Waals surface area contributed by atoms with Crippen LogP contribution in [0.1, 0.15) is 69.9 Å². The van der Waals surface area contributed by atoms with Crippen LogP contribution >= 0.6 is 0 Å². The molecule has 0 N–H and O–H groups in total. The molecule has 0 unspecified atom stereocenters. The minimum Gasteiger partial charge on any atom is -0.314 e. The van der Waals surface area contributed by atoms with E-state index in [1.807, 2.05) is 0 Å². The third-order valence-electron chi connectivity index (χ3n) is 5.73. The van der Waals surface area contributed by atoms with E-state index in [2.05, 4.69) is 34.8 Å².